The zero-order valence-corrected chi connectivity index (χ0v) is 19.7. The zero-order chi connectivity index (χ0) is 25.2. The fourth-order valence-electron chi connectivity index (χ4n) is 4.15. The highest BCUT2D eigenvalue weighted by molar-refractivity contribution is 7.95. The Morgan fingerprint density at radius 2 is 1.86 bits per heavy atom. The van der Waals surface area contributed by atoms with Crippen LogP contribution in [0, 0.1) is 5.82 Å². The van der Waals surface area contributed by atoms with Crippen molar-refractivity contribution in [2.45, 2.75) is 30.1 Å². The van der Waals surface area contributed by atoms with Crippen LogP contribution in [0.1, 0.15) is 17.5 Å². The van der Waals surface area contributed by atoms with Crippen molar-refractivity contribution in [2.75, 3.05) is 20.2 Å². The summed E-state index contributed by atoms with van der Waals surface area (Å²) in [6.07, 6.45) is -4.08. The first-order valence-electron chi connectivity index (χ1n) is 10.9. The highest BCUT2D eigenvalue weighted by Crippen LogP contribution is 2.32. The van der Waals surface area contributed by atoms with Crippen molar-refractivity contribution in [3.63, 3.8) is 0 Å². The zero-order valence-electron chi connectivity index (χ0n) is 18.8. The lowest BCUT2D eigenvalue weighted by molar-refractivity contribution is -0.137. The minimum Gasteiger partial charge on any atom is -0.593 e. The fourth-order valence-corrected chi connectivity index (χ4v) is 5.46. The third-order valence-corrected chi connectivity index (χ3v) is 7.42. The molecular formula is C25H24F4N2O3S. The Labute approximate surface area is 202 Å². The molecule has 0 aromatic heterocycles. The second kappa shape index (κ2) is 10.1. The van der Waals surface area contributed by atoms with Crippen molar-refractivity contribution in [1.82, 2.24) is 9.62 Å². The number of ether oxygens (including phenoxy) is 1. The van der Waals surface area contributed by atoms with Crippen molar-refractivity contribution in [2.24, 2.45) is 0 Å². The number of likely N-dealkylation sites (tertiary alicyclic amines) is 1. The van der Waals surface area contributed by atoms with Gasteiger partial charge in [0, 0.05) is 31.3 Å². The largest absolute Gasteiger partial charge is 0.593 e. The Kier molecular flexibility index (Phi) is 7.27. The molecule has 1 N–H and O–H groups in total. The monoisotopic (exact) mass is 508 g/mol. The molecule has 4 rings (SSSR count). The van der Waals surface area contributed by atoms with E-state index in [-0.39, 0.29) is 5.82 Å². The summed E-state index contributed by atoms with van der Waals surface area (Å²) in [6, 6.07) is 15.2. The summed E-state index contributed by atoms with van der Waals surface area (Å²) in [4.78, 5) is 1.66. The van der Waals surface area contributed by atoms with E-state index in [4.69, 9.17) is 4.74 Å². The van der Waals surface area contributed by atoms with E-state index in [2.05, 4.69) is 9.62 Å². The topological polar surface area (TPSA) is 64.6 Å². The molecule has 5 nitrogen and oxygen atoms in total. The normalized spacial score (nSPS) is 18.4. The van der Waals surface area contributed by atoms with Gasteiger partial charge in [-0.3, -0.25) is 4.90 Å². The van der Waals surface area contributed by atoms with Gasteiger partial charge in [0.2, 0.25) is 0 Å². The van der Waals surface area contributed by atoms with E-state index < -0.39 is 33.1 Å². The molecule has 2 atom stereocenters. The van der Waals surface area contributed by atoms with Crippen molar-refractivity contribution in [1.29, 1.82) is 0 Å². The summed E-state index contributed by atoms with van der Waals surface area (Å²) in [5.41, 5.74) is 1.43. The lowest BCUT2D eigenvalue weighted by Gasteiger charge is -2.21. The Hall–Kier alpha value is -2.79. The highest BCUT2D eigenvalue weighted by Gasteiger charge is 2.35. The van der Waals surface area contributed by atoms with E-state index in [1.54, 1.807) is 6.07 Å². The number of benzene rings is 3. The predicted molar refractivity (Wildman–Crippen MR) is 124 cm³/mol. The molecule has 1 saturated heterocycles. The van der Waals surface area contributed by atoms with Crippen molar-refractivity contribution < 1.29 is 31.1 Å². The number of nitrogens with zero attached hydrogens (tertiary/aromatic N) is 1. The second-order valence-corrected chi connectivity index (χ2v) is 10.1. The maximum Gasteiger partial charge on any atom is 0.416 e. The SMILES string of the molecule is COc1ccc(F)cc1-c1ccc(CN2CCC(N[S+](=O)([O-])c3cccc(C(F)(F)F)c3)C2)cc1. The van der Waals surface area contributed by atoms with Gasteiger partial charge in [0.1, 0.15) is 11.6 Å². The quantitative estimate of drug-likeness (QED) is 0.348. The van der Waals surface area contributed by atoms with Crippen LogP contribution in [0.15, 0.2) is 71.6 Å². The minimum atomic E-state index is -4.62. The van der Waals surface area contributed by atoms with E-state index in [0.29, 0.717) is 43.4 Å². The standard InChI is InChI=1S/C25H24F4N2O3S/c1-34-24-10-9-20(26)14-23(24)18-7-5-17(6-8-18)15-31-12-11-21(16-31)30-35(32,33)22-4-2-3-19(13-22)25(27,28)29/h2-10,13-14,21H,11-12,15-16H2,1H3,(H-,30,32,33). The van der Waals surface area contributed by atoms with Crippen molar-refractivity contribution in [3.8, 4) is 16.9 Å². The predicted octanol–water partition coefficient (Wildman–Crippen LogP) is 5.29. The van der Waals surface area contributed by atoms with Crippen molar-refractivity contribution in [3.05, 3.63) is 83.7 Å². The number of halogens is 4. The van der Waals surface area contributed by atoms with Crippen LogP contribution in [0.3, 0.4) is 0 Å². The Morgan fingerprint density at radius 3 is 2.54 bits per heavy atom. The third kappa shape index (κ3) is 6.07. The number of hydrogen-bond acceptors (Lipinski definition) is 4. The number of nitrogens with one attached hydrogen (secondary N) is 1. The molecule has 35 heavy (non-hydrogen) atoms. The van der Waals surface area contributed by atoms with Crippen LogP contribution in [-0.2, 0) is 27.3 Å². The number of alkyl halides is 3. The van der Waals surface area contributed by atoms with Crippen molar-refractivity contribution >= 4 is 10.4 Å². The average Bonchev–Trinajstić information content (AvgIpc) is 3.25. The van der Waals surface area contributed by atoms with Gasteiger partial charge in [-0.25, -0.2) is 4.39 Å². The van der Waals surface area contributed by atoms with E-state index in [1.807, 2.05) is 24.3 Å². The van der Waals surface area contributed by atoms with Crippen LogP contribution in [0.5, 0.6) is 5.75 Å². The summed E-state index contributed by atoms with van der Waals surface area (Å²) >= 11 is 0. The first-order chi connectivity index (χ1) is 16.5. The Balaban J connectivity index is 1.38. The molecule has 0 bridgehead atoms. The van der Waals surface area contributed by atoms with Gasteiger partial charge in [-0.1, -0.05) is 34.5 Å². The Morgan fingerprint density at radius 1 is 1.11 bits per heavy atom. The summed E-state index contributed by atoms with van der Waals surface area (Å²) in [5, 5.41) is 0. The molecule has 186 valence electrons. The van der Waals surface area contributed by atoms with Crippen LogP contribution in [0.2, 0.25) is 0 Å². The molecule has 0 amide bonds. The van der Waals surface area contributed by atoms with Gasteiger partial charge in [0.05, 0.1) is 18.7 Å². The van der Waals surface area contributed by atoms with Crippen LogP contribution in [0.4, 0.5) is 17.6 Å². The highest BCUT2D eigenvalue weighted by atomic mass is 32.3. The lowest BCUT2D eigenvalue weighted by atomic mass is 10.0. The van der Waals surface area contributed by atoms with Crippen LogP contribution in [-0.4, -0.2) is 35.7 Å². The summed E-state index contributed by atoms with van der Waals surface area (Å²) < 4.78 is 85.7. The molecule has 1 heterocycles. The number of sulfonamides is 1. The molecular weight excluding hydrogens is 484 g/mol. The van der Waals surface area contributed by atoms with Crippen LogP contribution < -0.4 is 9.46 Å². The van der Waals surface area contributed by atoms with Crippen LogP contribution in [0.25, 0.3) is 11.1 Å². The third-order valence-electron chi connectivity index (χ3n) is 5.90. The lowest BCUT2D eigenvalue weighted by Crippen LogP contribution is -2.40. The average molecular weight is 509 g/mol. The maximum atomic E-state index is 13.7. The van der Waals surface area contributed by atoms with E-state index in [9.17, 15) is 26.3 Å². The molecule has 2 unspecified atom stereocenters. The number of rotatable bonds is 7. The van der Waals surface area contributed by atoms with Gasteiger partial charge >= 0.3 is 6.18 Å². The summed E-state index contributed by atoms with van der Waals surface area (Å²) in [5.74, 6) is 0.204. The molecule has 0 aliphatic carbocycles. The first-order valence-corrected chi connectivity index (χ1v) is 12.4. The first kappa shape index (κ1) is 25.3. The molecule has 0 saturated carbocycles. The van der Waals surface area contributed by atoms with Gasteiger partial charge in [-0.15, -0.1) is 4.72 Å². The molecule has 3 aromatic rings. The van der Waals surface area contributed by atoms with Gasteiger partial charge < -0.3 is 9.29 Å². The molecule has 1 fully saturated rings. The molecule has 0 radical (unpaired) electrons. The molecule has 3 aromatic carbocycles. The Bertz CT molecular complexity index is 1230. The van der Waals surface area contributed by atoms with E-state index >= 15 is 0 Å². The second-order valence-electron chi connectivity index (χ2n) is 8.41. The maximum absolute atomic E-state index is 13.7. The van der Waals surface area contributed by atoms with Gasteiger partial charge in [-0.2, -0.15) is 13.2 Å². The molecule has 0 spiro atoms. The van der Waals surface area contributed by atoms with E-state index in [1.165, 1.54) is 19.2 Å². The summed E-state index contributed by atoms with van der Waals surface area (Å²) in [6.45, 7) is 1.63. The van der Waals surface area contributed by atoms with Gasteiger partial charge in [0.25, 0.3) is 0 Å². The minimum absolute atomic E-state index is 0.361. The van der Waals surface area contributed by atoms with Gasteiger partial charge in [0.15, 0.2) is 15.3 Å². The molecule has 10 heteroatoms. The van der Waals surface area contributed by atoms with Gasteiger partial charge in [-0.05, 0) is 47.9 Å². The molecule has 1 aliphatic rings. The fraction of sp³-hybridized carbons (Fsp3) is 0.280. The smallest absolute Gasteiger partial charge is 0.416 e. The number of methoxy groups -OCH3 is 1. The molecule has 1 aliphatic heterocycles. The summed E-state index contributed by atoms with van der Waals surface area (Å²) in [7, 11) is -2.56. The van der Waals surface area contributed by atoms with E-state index in [0.717, 1.165) is 29.3 Å². The van der Waals surface area contributed by atoms with Crippen LogP contribution >= 0.6 is 0 Å². The number of hydrogen-bond donors (Lipinski definition) is 1.